The summed E-state index contributed by atoms with van der Waals surface area (Å²) in [6.45, 7) is 5.28. The first-order chi connectivity index (χ1) is 14.6. The molecule has 0 N–H and O–H groups in total. The number of nitrogens with zero attached hydrogens (tertiary/aromatic N) is 3. The molecule has 1 aliphatic carbocycles. The average molecular weight is 411 g/mol. The summed E-state index contributed by atoms with van der Waals surface area (Å²) in [7, 11) is 1.57. The van der Waals surface area contributed by atoms with Gasteiger partial charge in [0, 0.05) is 31.1 Å². The van der Waals surface area contributed by atoms with Crippen molar-refractivity contribution in [2.75, 3.05) is 31.7 Å². The van der Waals surface area contributed by atoms with Gasteiger partial charge in [0.1, 0.15) is 6.61 Å². The summed E-state index contributed by atoms with van der Waals surface area (Å²) in [5.41, 5.74) is 1.40. The molecule has 8 nitrogen and oxygen atoms in total. The number of ether oxygens (including phenoxy) is 2. The molecule has 0 atom stereocenters. The Labute approximate surface area is 175 Å². The first-order valence-corrected chi connectivity index (χ1v) is 10.1. The van der Waals surface area contributed by atoms with Gasteiger partial charge in [0.05, 0.1) is 25.5 Å². The molecule has 8 heteroatoms. The fourth-order valence-corrected chi connectivity index (χ4v) is 3.68. The lowest BCUT2D eigenvalue weighted by Crippen LogP contribution is -2.41. The van der Waals surface area contributed by atoms with Crippen LogP contribution in [0.4, 0.5) is 5.69 Å². The van der Waals surface area contributed by atoms with Crippen molar-refractivity contribution >= 4 is 17.5 Å². The fraction of sp³-hybridized carbons (Fsp3) is 0.409. The number of anilines is 1. The standard InChI is InChI=1S/C22H25N3O5/c1-3-12-29-21-16-14-24(13-15-4-5-15)20(26)9-11-25(17(16)6-7-18(21)28-2)22(27)19-8-10-23-30-19/h3,6-8,10,15H,1,4-5,9,11-14H2,2H3. The van der Waals surface area contributed by atoms with Gasteiger partial charge in [-0.1, -0.05) is 17.8 Å². The molecule has 1 aliphatic heterocycles. The second-order valence-electron chi connectivity index (χ2n) is 7.50. The van der Waals surface area contributed by atoms with E-state index in [-0.39, 0.29) is 37.1 Å². The minimum absolute atomic E-state index is 0.0143. The second kappa shape index (κ2) is 8.61. The highest BCUT2D eigenvalue weighted by atomic mass is 16.5. The van der Waals surface area contributed by atoms with Crippen molar-refractivity contribution in [3.8, 4) is 11.5 Å². The third-order valence-electron chi connectivity index (χ3n) is 5.38. The van der Waals surface area contributed by atoms with Gasteiger partial charge in [-0.3, -0.25) is 9.59 Å². The normalized spacial score (nSPS) is 16.5. The Balaban J connectivity index is 1.80. The highest BCUT2D eigenvalue weighted by molar-refractivity contribution is 6.05. The highest BCUT2D eigenvalue weighted by Gasteiger charge is 2.33. The van der Waals surface area contributed by atoms with Gasteiger partial charge in [0.15, 0.2) is 11.5 Å². The maximum Gasteiger partial charge on any atom is 0.296 e. The average Bonchev–Trinajstić information content (AvgIpc) is 3.39. The minimum atomic E-state index is -0.350. The molecule has 0 spiro atoms. The van der Waals surface area contributed by atoms with E-state index >= 15 is 0 Å². The van der Waals surface area contributed by atoms with Crippen LogP contribution in [0.1, 0.15) is 35.4 Å². The van der Waals surface area contributed by atoms with Crippen LogP contribution < -0.4 is 14.4 Å². The maximum atomic E-state index is 13.1. The predicted molar refractivity (Wildman–Crippen MR) is 110 cm³/mol. The molecule has 1 fully saturated rings. The number of carbonyl (C=O) groups is 2. The summed E-state index contributed by atoms with van der Waals surface area (Å²) in [5, 5.41) is 3.63. The van der Waals surface area contributed by atoms with Crippen LogP contribution in [0.15, 0.2) is 41.6 Å². The summed E-state index contributed by atoms with van der Waals surface area (Å²) in [6.07, 6.45) is 5.59. The fourth-order valence-electron chi connectivity index (χ4n) is 3.68. The Morgan fingerprint density at radius 1 is 1.37 bits per heavy atom. The smallest absolute Gasteiger partial charge is 0.296 e. The third kappa shape index (κ3) is 4.03. The molecule has 1 aromatic carbocycles. The number of hydrogen-bond donors (Lipinski definition) is 0. The van der Waals surface area contributed by atoms with E-state index < -0.39 is 0 Å². The van der Waals surface area contributed by atoms with E-state index in [0.29, 0.717) is 36.2 Å². The number of amides is 2. The largest absolute Gasteiger partial charge is 0.493 e. The van der Waals surface area contributed by atoms with Crippen LogP contribution in [0, 0.1) is 5.92 Å². The van der Waals surface area contributed by atoms with E-state index in [1.54, 1.807) is 24.2 Å². The maximum absolute atomic E-state index is 13.1. The molecule has 158 valence electrons. The number of hydrogen-bond acceptors (Lipinski definition) is 6. The predicted octanol–water partition coefficient (Wildman–Crippen LogP) is 3.04. The quantitative estimate of drug-likeness (QED) is 0.651. The molecule has 1 saturated carbocycles. The molecule has 0 radical (unpaired) electrons. The van der Waals surface area contributed by atoms with Gasteiger partial charge in [-0.2, -0.15) is 0 Å². The molecule has 30 heavy (non-hydrogen) atoms. The van der Waals surface area contributed by atoms with Gasteiger partial charge >= 0.3 is 0 Å². The van der Waals surface area contributed by atoms with E-state index in [2.05, 4.69) is 11.7 Å². The van der Waals surface area contributed by atoms with Crippen LogP contribution in [0.25, 0.3) is 0 Å². The van der Waals surface area contributed by atoms with Crippen molar-refractivity contribution in [1.29, 1.82) is 0 Å². The third-order valence-corrected chi connectivity index (χ3v) is 5.38. The Bertz CT molecular complexity index is 936. The molecule has 0 bridgehead atoms. The van der Waals surface area contributed by atoms with Crippen LogP contribution in [-0.4, -0.2) is 48.7 Å². The minimum Gasteiger partial charge on any atom is -0.493 e. The summed E-state index contributed by atoms with van der Waals surface area (Å²) in [6, 6.07) is 5.11. The molecule has 1 aromatic heterocycles. The van der Waals surface area contributed by atoms with Gasteiger partial charge in [-0.05, 0) is 30.9 Å². The van der Waals surface area contributed by atoms with E-state index in [0.717, 1.165) is 18.4 Å². The van der Waals surface area contributed by atoms with Crippen molar-refractivity contribution in [2.45, 2.75) is 25.8 Å². The van der Waals surface area contributed by atoms with E-state index in [9.17, 15) is 9.59 Å². The van der Waals surface area contributed by atoms with Crippen molar-refractivity contribution in [3.05, 3.63) is 48.4 Å². The first-order valence-electron chi connectivity index (χ1n) is 10.1. The number of benzene rings is 1. The lowest BCUT2D eigenvalue weighted by molar-refractivity contribution is -0.132. The van der Waals surface area contributed by atoms with Crippen LogP contribution in [-0.2, 0) is 11.3 Å². The monoisotopic (exact) mass is 411 g/mol. The van der Waals surface area contributed by atoms with Crippen LogP contribution in [0.5, 0.6) is 11.5 Å². The lowest BCUT2D eigenvalue weighted by Gasteiger charge is -2.33. The summed E-state index contributed by atoms with van der Waals surface area (Å²) in [5.74, 6) is 1.39. The SMILES string of the molecule is C=CCOc1c(OC)ccc2c1CN(CC1CC1)C(=O)CCN2C(=O)c1ccno1. The number of fused-ring (bicyclic) bond motifs is 1. The number of methoxy groups -OCH3 is 1. The molecule has 4 rings (SSSR count). The van der Waals surface area contributed by atoms with Crippen molar-refractivity contribution in [3.63, 3.8) is 0 Å². The van der Waals surface area contributed by atoms with E-state index in [1.807, 2.05) is 11.0 Å². The zero-order valence-electron chi connectivity index (χ0n) is 17.0. The van der Waals surface area contributed by atoms with Crippen LogP contribution >= 0.6 is 0 Å². The topological polar surface area (TPSA) is 85.1 Å². The molecular formula is C22H25N3O5. The Morgan fingerprint density at radius 2 is 2.20 bits per heavy atom. The molecule has 2 aromatic rings. The molecule has 2 aliphatic rings. The Kier molecular flexibility index (Phi) is 5.74. The Hall–Kier alpha value is -3.29. The summed E-state index contributed by atoms with van der Waals surface area (Å²) < 4.78 is 16.5. The zero-order valence-corrected chi connectivity index (χ0v) is 17.0. The first kappa shape index (κ1) is 20.0. The number of carbonyl (C=O) groups excluding carboxylic acids is 2. The van der Waals surface area contributed by atoms with Crippen molar-refractivity contribution < 1.29 is 23.6 Å². The highest BCUT2D eigenvalue weighted by Crippen LogP contribution is 2.41. The van der Waals surface area contributed by atoms with Crippen molar-refractivity contribution in [2.24, 2.45) is 5.92 Å². The number of rotatable bonds is 7. The zero-order chi connectivity index (χ0) is 21.1. The number of aromatic nitrogens is 1. The van der Waals surface area contributed by atoms with E-state index in [4.69, 9.17) is 14.0 Å². The van der Waals surface area contributed by atoms with Crippen LogP contribution in [0.3, 0.4) is 0 Å². The summed E-state index contributed by atoms with van der Waals surface area (Å²) in [4.78, 5) is 29.5. The lowest BCUT2D eigenvalue weighted by atomic mass is 10.1. The van der Waals surface area contributed by atoms with E-state index in [1.165, 1.54) is 12.3 Å². The molecular weight excluding hydrogens is 386 g/mol. The molecule has 0 saturated heterocycles. The molecule has 0 unspecified atom stereocenters. The van der Waals surface area contributed by atoms with Gasteiger partial charge < -0.3 is 23.8 Å². The molecule has 2 amide bonds. The van der Waals surface area contributed by atoms with Crippen LogP contribution in [0.2, 0.25) is 0 Å². The van der Waals surface area contributed by atoms with Crippen molar-refractivity contribution in [1.82, 2.24) is 10.1 Å². The molecule has 2 heterocycles. The van der Waals surface area contributed by atoms with Gasteiger partial charge in [0.2, 0.25) is 11.7 Å². The second-order valence-corrected chi connectivity index (χ2v) is 7.50. The Morgan fingerprint density at radius 3 is 2.87 bits per heavy atom. The van der Waals surface area contributed by atoms with Gasteiger partial charge in [-0.15, -0.1) is 0 Å². The van der Waals surface area contributed by atoms with Gasteiger partial charge in [-0.25, -0.2) is 0 Å². The van der Waals surface area contributed by atoms with Gasteiger partial charge in [0.25, 0.3) is 5.91 Å². The summed E-state index contributed by atoms with van der Waals surface area (Å²) >= 11 is 0.